The Morgan fingerprint density at radius 2 is 2.00 bits per heavy atom. The molecule has 0 unspecified atom stereocenters. The fraction of sp³-hybridized carbons (Fsp3) is 0.125. The lowest BCUT2D eigenvalue weighted by molar-refractivity contribution is 0.102. The van der Waals surface area contributed by atoms with Crippen LogP contribution in [0.1, 0.15) is 10.4 Å². The Morgan fingerprint density at radius 1 is 1.12 bits per heavy atom. The van der Waals surface area contributed by atoms with Gasteiger partial charge in [-0.3, -0.25) is 15.1 Å². The number of anilines is 1. The molecule has 8 nitrogen and oxygen atoms in total. The second-order valence-electron chi connectivity index (χ2n) is 4.65. The molecule has 3 aromatic rings. The lowest BCUT2D eigenvalue weighted by atomic mass is 10.1. The van der Waals surface area contributed by atoms with Crippen molar-refractivity contribution in [1.29, 1.82) is 0 Å². The number of pyridine rings is 1. The minimum absolute atomic E-state index is 0.0243. The molecule has 2 aromatic heterocycles. The predicted molar refractivity (Wildman–Crippen MR) is 85.0 cm³/mol. The van der Waals surface area contributed by atoms with Gasteiger partial charge in [0.25, 0.3) is 11.8 Å². The van der Waals surface area contributed by atoms with Gasteiger partial charge in [0, 0.05) is 12.4 Å². The highest BCUT2D eigenvalue weighted by Gasteiger charge is 2.19. The standard InChI is InChI=1S/C16H14N4O4/c1-22-12-7-3-6-11(13(12)23-2)14(21)18-16-20-19-15(24-16)10-5-4-8-17-9-10/h3-9H,1-2H3,(H,18,20,21). The van der Waals surface area contributed by atoms with Crippen molar-refractivity contribution in [2.24, 2.45) is 0 Å². The summed E-state index contributed by atoms with van der Waals surface area (Å²) in [7, 11) is 2.96. The number of nitrogens with zero attached hydrogens (tertiary/aromatic N) is 3. The van der Waals surface area contributed by atoms with Crippen molar-refractivity contribution in [3.05, 3.63) is 48.3 Å². The van der Waals surface area contributed by atoms with Gasteiger partial charge < -0.3 is 13.9 Å². The van der Waals surface area contributed by atoms with E-state index in [-0.39, 0.29) is 17.5 Å². The number of para-hydroxylation sites is 1. The van der Waals surface area contributed by atoms with Gasteiger partial charge in [0.1, 0.15) is 0 Å². The summed E-state index contributed by atoms with van der Waals surface area (Å²) in [5, 5.41) is 10.2. The topological polar surface area (TPSA) is 99.4 Å². The average Bonchev–Trinajstić information content (AvgIpc) is 3.10. The van der Waals surface area contributed by atoms with E-state index in [0.29, 0.717) is 17.1 Å². The Balaban J connectivity index is 1.82. The average molecular weight is 326 g/mol. The van der Waals surface area contributed by atoms with E-state index in [4.69, 9.17) is 13.9 Å². The molecule has 0 radical (unpaired) electrons. The van der Waals surface area contributed by atoms with Crippen molar-refractivity contribution < 1.29 is 18.7 Å². The van der Waals surface area contributed by atoms with Gasteiger partial charge in [-0.2, -0.15) is 0 Å². The van der Waals surface area contributed by atoms with Crippen LogP contribution in [-0.2, 0) is 0 Å². The van der Waals surface area contributed by atoms with Crippen LogP contribution in [0.3, 0.4) is 0 Å². The molecule has 0 aliphatic heterocycles. The molecule has 0 bridgehead atoms. The summed E-state index contributed by atoms with van der Waals surface area (Å²) in [5.41, 5.74) is 0.947. The van der Waals surface area contributed by atoms with Crippen molar-refractivity contribution in [1.82, 2.24) is 15.2 Å². The molecule has 8 heteroatoms. The lowest BCUT2D eigenvalue weighted by Crippen LogP contribution is -2.13. The van der Waals surface area contributed by atoms with Crippen LogP contribution in [0.4, 0.5) is 6.01 Å². The quantitative estimate of drug-likeness (QED) is 0.768. The molecule has 1 N–H and O–H groups in total. The summed E-state index contributed by atoms with van der Waals surface area (Å²) in [6.07, 6.45) is 3.22. The highest BCUT2D eigenvalue weighted by Crippen LogP contribution is 2.31. The molecule has 122 valence electrons. The first-order valence-corrected chi connectivity index (χ1v) is 6.99. The van der Waals surface area contributed by atoms with Gasteiger partial charge in [-0.15, -0.1) is 5.10 Å². The van der Waals surface area contributed by atoms with Gasteiger partial charge in [-0.1, -0.05) is 11.2 Å². The number of nitrogens with one attached hydrogen (secondary N) is 1. The Labute approximate surface area is 137 Å². The number of amides is 1. The van der Waals surface area contributed by atoms with E-state index < -0.39 is 5.91 Å². The molecule has 24 heavy (non-hydrogen) atoms. The van der Waals surface area contributed by atoms with Crippen molar-refractivity contribution in [2.45, 2.75) is 0 Å². The highest BCUT2D eigenvalue weighted by molar-refractivity contribution is 6.05. The molecule has 0 aliphatic carbocycles. The lowest BCUT2D eigenvalue weighted by Gasteiger charge is -2.11. The molecule has 0 fully saturated rings. The smallest absolute Gasteiger partial charge is 0.322 e. The SMILES string of the molecule is COc1cccc(C(=O)Nc2nnc(-c3cccnc3)o2)c1OC. The fourth-order valence-electron chi connectivity index (χ4n) is 2.11. The largest absolute Gasteiger partial charge is 0.493 e. The van der Waals surface area contributed by atoms with Crippen LogP contribution in [0, 0.1) is 0 Å². The van der Waals surface area contributed by atoms with E-state index >= 15 is 0 Å². The van der Waals surface area contributed by atoms with E-state index in [1.54, 1.807) is 42.7 Å². The third-order valence-corrected chi connectivity index (χ3v) is 3.20. The van der Waals surface area contributed by atoms with Gasteiger partial charge >= 0.3 is 6.01 Å². The van der Waals surface area contributed by atoms with Crippen LogP contribution in [0.5, 0.6) is 11.5 Å². The van der Waals surface area contributed by atoms with Crippen molar-refractivity contribution >= 4 is 11.9 Å². The Morgan fingerprint density at radius 3 is 2.71 bits per heavy atom. The number of benzene rings is 1. The zero-order chi connectivity index (χ0) is 16.9. The molecule has 1 aromatic carbocycles. The number of hydrogen-bond donors (Lipinski definition) is 1. The number of ether oxygens (including phenoxy) is 2. The molecule has 0 atom stereocenters. The van der Waals surface area contributed by atoms with E-state index in [1.165, 1.54) is 14.2 Å². The maximum Gasteiger partial charge on any atom is 0.322 e. The highest BCUT2D eigenvalue weighted by atomic mass is 16.5. The van der Waals surface area contributed by atoms with E-state index in [0.717, 1.165) is 0 Å². The van der Waals surface area contributed by atoms with E-state index in [2.05, 4.69) is 20.5 Å². The summed E-state index contributed by atoms with van der Waals surface area (Å²) in [6.45, 7) is 0. The molecular weight excluding hydrogens is 312 g/mol. The zero-order valence-electron chi connectivity index (χ0n) is 13.0. The summed E-state index contributed by atoms with van der Waals surface area (Å²) >= 11 is 0. The van der Waals surface area contributed by atoms with Gasteiger partial charge in [0.2, 0.25) is 0 Å². The molecule has 2 heterocycles. The third-order valence-electron chi connectivity index (χ3n) is 3.20. The molecule has 0 saturated heterocycles. The number of rotatable bonds is 5. The van der Waals surface area contributed by atoms with Crippen molar-refractivity contribution in [2.75, 3.05) is 19.5 Å². The molecular formula is C16H14N4O4. The Bertz CT molecular complexity index is 848. The molecule has 0 aliphatic rings. The molecule has 3 rings (SSSR count). The number of carbonyl (C=O) groups excluding carboxylic acids is 1. The van der Waals surface area contributed by atoms with Crippen LogP contribution in [0.15, 0.2) is 47.1 Å². The van der Waals surface area contributed by atoms with Crippen LogP contribution < -0.4 is 14.8 Å². The maximum atomic E-state index is 12.4. The van der Waals surface area contributed by atoms with Crippen LogP contribution in [-0.4, -0.2) is 35.3 Å². The molecule has 0 saturated carbocycles. The van der Waals surface area contributed by atoms with Crippen LogP contribution in [0.25, 0.3) is 11.5 Å². The second kappa shape index (κ2) is 6.78. The van der Waals surface area contributed by atoms with Crippen LogP contribution in [0.2, 0.25) is 0 Å². The molecule has 1 amide bonds. The van der Waals surface area contributed by atoms with Crippen molar-refractivity contribution in [3.8, 4) is 23.0 Å². The van der Waals surface area contributed by atoms with E-state index in [1.807, 2.05) is 0 Å². The van der Waals surface area contributed by atoms with Gasteiger partial charge in [0.15, 0.2) is 11.5 Å². The van der Waals surface area contributed by atoms with Crippen molar-refractivity contribution in [3.63, 3.8) is 0 Å². The number of methoxy groups -OCH3 is 2. The summed E-state index contributed by atoms with van der Waals surface area (Å²) in [6, 6.07) is 8.49. The Hall–Kier alpha value is -3.42. The summed E-state index contributed by atoms with van der Waals surface area (Å²) < 4.78 is 15.8. The number of aromatic nitrogens is 3. The zero-order valence-corrected chi connectivity index (χ0v) is 13.0. The minimum Gasteiger partial charge on any atom is -0.493 e. The normalized spacial score (nSPS) is 10.2. The first kappa shape index (κ1) is 15.5. The molecule has 0 spiro atoms. The predicted octanol–water partition coefficient (Wildman–Crippen LogP) is 2.40. The van der Waals surface area contributed by atoms with Gasteiger partial charge in [0.05, 0.1) is 25.3 Å². The fourth-order valence-corrected chi connectivity index (χ4v) is 2.11. The van der Waals surface area contributed by atoms with Crippen LogP contribution >= 0.6 is 0 Å². The maximum absolute atomic E-state index is 12.4. The summed E-state index contributed by atoms with van der Waals surface area (Å²) in [4.78, 5) is 16.4. The third kappa shape index (κ3) is 3.02. The number of hydrogen-bond acceptors (Lipinski definition) is 7. The number of carbonyl (C=O) groups is 1. The second-order valence-corrected chi connectivity index (χ2v) is 4.65. The monoisotopic (exact) mass is 326 g/mol. The van der Waals surface area contributed by atoms with Gasteiger partial charge in [-0.05, 0) is 24.3 Å². The first-order chi connectivity index (χ1) is 11.7. The minimum atomic E-state index is -0.452. The first-order valence-electron chi connectivity index (χ1n) is 6.99. The van der Waals surface area contributed by atoms with Gasteiger partial charge in [-0.25, -0.2) is 0 Å². The Kier molecular flexibility index (Phi) is 4.37. The summed E-state index contributed by atoms with van der Waals surface area (Å²) in [5.74, 6) is 0.583. The van der Waals surface area contributed by atoms with E-state index in [9.17, 15) is 4.79 Å².